The first-order chi connectivity index (χ1) is 12.0. The molecule has 1 unspecified atom stereocenters. The Balaban J connectivity index is 1.62. The fourth-order valence-corrected chi connectivity index (χ4v) is 3.81. The molecule has 0 bridgehead atoms. The van der Waals surface area contributed by atoms with Crippen LogP contribution in [-0.4, -0.2) is 5.91 Å². The lowest BCUT2D eigenvalue weighted by atomic mass is 9.92. The van der Waals surface area contributed by atoms with Gasteiger partial charge in [-0.25, -0.2) is 4.39 Å². The Labute approximate surface area is 156 Å². The molecule has 0 radical (unpaired) electrons. The van der Waals surface area contributed by atoms with Crippen LogP contribution in [0.1, 0.15) is 30.9 Å². The Bertz CT molecular complexity index is 840. The molecule has 1 heterocycles. The Hall–Kier alpha value is -1.91. The standard InChI is InChI=1S/C20H19ClFNOS/c1-2-13-3-5-14(6-4-13)16-10-20(25-12-16)23-19(24)9-15-7-8-17(22)11-18(15)21/h3,5-8,10-13H,2,4,9H2,1H3,(H,23,24). The highest BCUT2D eigenvalue weighted by Gasteiger charge is 2.12. The number of nitrogens with one attached hydrogen (secondary N) is 1. The van der Waals surface area contributed by atoms with Gasteiger partial charge in [-0.1, -0.05) is 42.8 Å². The Kier molecular flexibility index (Phi) is 5.71. The van der Waals surface area contributed by atoms with Crippen LogP contribution in [0.2, 0.25) is 5.02 Å². The van der Waals surface area contributed by atoms with Crippen LogP contribution in [0, 0.1) is 11.7 Å². The fourth-order valence-electron chi connectivity index (χ4n) is 2.75. The molecule has 0 fully saturated rings. The predicted molar refractivity (Wildman–Crippen MR) is 104 cm³/mol. The third-order valence-corrected chi connectivity index (χ3v) is 5.47. The van der Waals surface area contributed by atoms with Gasteiger partial charge in [-0.05, 0) is 53.7 Å². The summed E-state index contributed by atoms with van der Waals surface area (Å²) < 4.78 is 13.1. The summed E-state index contributed by atoms with van der Waals surface area (Å²) >= 11 is 7.47. The molecule has 1 N–H and O–H groups in total. The molecule has 0 saturated carbocycles. The molecule has 130 valence electrons. The average Bonchev–Trinajstić information content (AvgIpc) is 3.06. The van der Waals surface area contributed by atoms with Crippen LogP contribution >= 0.6 is 22.9 Å². The van der Waals surface area contributed by atoms with Crippen molar-refractivity contribution in [1.29, 1.82) is 0 Å². The van der Waals surface area contributed by atoms with Crippen molar-refractivity contribution in [1.82, 2.24) is 0 Å². The van der Waals surface area contributed by atoms with Gasteiger partial charge in [-0.15, -0.1) is 11.3 Å². The number of thiophene rings is 1. The van der Waals surface area contributed by atoms with Gasteiger partial charge in [-0.2, -0.15) is 0 Å². The molecule has 1 aliphatic carbocycles. The van der Waals surface area contributed by atoms with Crippen LogP contribution in [0.25, 0.3) is 5.57 Å². The topological polar surface area (TPSA) is 29.1 Å². The average molecular weight is 376 g/mol. The minimum absolute atomic E-state index is 0.118. The van der Waals surface area contributed by atoms with Crippen LogP contribution in [0.5, 0.6) is 0 Å². The molecule has 1 aromatic heterocycles. The Morgan fingerprint density at radius 3 is 2.92 bits per heavy atom. The fraction of sp³-hybridized carbons (Fsp3) is 0.250. The van der Waals surface area contributed by atoms with Crippen molar-refractivity contribution in [3.63, 3.8) is 0 Å². The van der Waals surface area contributed by atoms with Crippen LogP contribution in [-0.2, 0) is 11.2 Å². The Morgan fingerprint density at radius 1 is 1.40 bits per heavy atom. The maximum Gasteiger partial charge on any atom is 0.229 e. The number of hydrogen-bond donors (Lipinski definition) is 1. The normalized spacial score (nSPS) is 16.6. The van der Waals surface area contributed by atoms with E-state index in [1.165, 1.54) is 29.0 Å². The molecule has 5 heteroatoms. The van der Waals surface area contributed by atoms with Crippen molar-refractivity contribution in [2.24, 2.45) is 5.92 Å². The van der Waals surface area contributed by atoms with Gasteiger partial charge >= 0.3 is 0 Å². The van der Waals surface area contributed by atoms with E-state index in [-0.39, 0.29) is 17.4 Å². The number of amides is 1. The number of halogens is 2. The minimum atomic E-state index is -0.406. The quantitative estimate of drug-likeness (QED) is 0.672. The van der Waals surface area contributed by atoms with Crippen LogP contribution in [0.3, 0.4) is 0 Å². The van der Waals surface area contributed by atoms with E-state index in [9.17, 15) is 9.18 Å². The van der Waals surface area contributed by atoms with Gasteiger partial charge in [0.25, 0.3) is 0 Å². The Morgan fingerprint density at radius 2 is 2.24 bits per heavy atom. The van der Waals surface area contributed by atoms with Crippen molar-refractivity contribution >= 4 is 39.4 Å². The summed E-state index contributed by atoms with van der Waals surface area (Å²) in [6.45, 7) is 2.19. The SMILES string of the molecule is CCC1C=CC(c2csc(NC(=O)Cc3ccc(F)cc3Cl)c2)=CC1. The first kappa shape index (κ1) is 17.9. The highest BCUT2D eigenvalue weighted by atomic mass is 35.5. The summed E-state index contributed by atoms with van der Waals surface area (Å²) in [6, 6.07) is 6.05. The van der Waals surface area contributed by atoms with Crippen LogP contribution in [0.15, 0.2) is 47.9 Å². The number of anilines is 1. The van der Waals surface area contributed by atoms with E-state index in [0.717, 1.165) is 23.4 Å². The monoisotopic (exact) mass is 375 g/mol. The van der Waals surface area contributed by atoms with Crippen LogP contribution in [0.4, 0.5) is 9.39 Å². The number of carbonyl (C=O) groups excluding carboxylic acids is 1. The summed E-state index contributed by atoms with van der Waals surface area (Å²) in [7, 11) is 0. The van der Waals surface area contributed by atoms with E-state index in [2.05, 4.69) is 30.5 Å². The molecule has 1 aliphatic rings. The highest BCUT2D eigenvalue weighted by molar-refractivity contribution is 7.14. The number of benzene rings is 1. The molecule has 1 aromatic carbocycles. The third-order valence-electron chi connectivity index (χ3n) is 4.27. The third kappa shape index (κ3) is 4.59. The zero-order chi connectivity index (χ0) is 17.8. The maximum atomic E-state index is 13.1. The second-order valence-corrected chi connectivity index (χ2v) is 7.40. The molecule has 0 aliphatic heterocycles. The van der Waals surface area contributed by atoms with Crippen molar-refractivity contribution < 1.29 is 9.18 Å². The zero-order valence-electron chi connectivity index (χ0n) is 13.9. The van der Waals surface area contributed by atoms with Crippen molar-refractivity contribution in [2.45, 2.75) is 26.2 Å². The van der Waals surface area contributed by atoms with E-state index in [1.807, 2.05) is 11.4 Å². The van der Waals surface area contributed by atoms with Gasteiger partial charge in [0.2, 0.25) is 5.91 Å². The maximum absolute atomic E-state index is 13.1. The molecule has 2 aromatic rings. The van der Waals surface area contributed by atoms with Gasteiger partial charge < -0.3 is 5.32 Å². The van der Waals surface area contributed by atoms with Gasteiger partial charge in [-0.3, -0.25) is 4.79 Å². The summed E-state index contributed by atoms with van der Waals surface area (Å²) in [5, 5.41) is 6.00. The minimum Gasteiger partial charge on any atom is -0.317 e. The van der Waals surface area contributed by atoms with Crippen molar-refractivity contribution in [2.75, 3.05) is 5.32 Å². The molecule has 25 heavy (non-hydrogen) atoms. The first-order valence-electron chi connectivity index (χ1n) is 8.26. The number of hydrogen-bond acceptors (Lipinski definition) is 2. The smallest absolute Gasteiger partial charge is 0.229 e. The summed E-state index contributed by atoms with van der Waals surface area (Å²) in [5.74, 6) is 0.0549. The lowest BCUT2D eigenvalue weighted by molar-refractivity contribution is -0.115. The molecule has 1 atom stereocenters. The molecule has 1 amide bonds. The largest absolute Gasteiger partial charge is 0.317 e. The number of allylic oxidation sites excluding steroid dienone is 4. The number of rotatable bonds is 5. The molecular weight excluding hydrogens is 357 g/mol. The summed E-state index contributed by atoms with van der Waals surface area (Å²) in [6.07, 6.45) is 8.98. The van der Waals surface area contributed by atoms with Gasteiger partial charge in [0, 0.05) is 10.4 Å². The molecule has 0 spiro atoms. The molecule has 0 saturated heterocycles. The highest BCUT2D eigenvalue weighted by Crippen LogP contribution is 2.31. The van der Waals surface area contributed by atoms with E-state index < -0.39 is 5.82 Å². The predicted octanol–water partition coefficient (Wildman–Crippen LogP) is 6.09. The van der Waals surface area contributed by atoms with Crippen LogP contribution < -0.4 is 5.32 Å². The number of carbonyl (C=O) groups is 1. The lowest BCUT2D eigenvalue weighted by Gasteiger charge is -2.13. The van der Waals surface area contributed by atoms with Gasteiger partial charge in [0.15, 0.2) is 0 Å². The van der Waals surface area contributed by atoms with Crippen molar-refractivity contribution in [3.05, 3.63) is 69.8 Å². The molecule has 2 nitrogen and oxygen atoms in total. The van der Waals surface area contributed by atoms with Crippen molar-refractivity contribution in [3.8, 4) is 0 Å². The molecular formula is C20H19ClFNOS. The van der Waals surface area contributed by atoms with E-state index >= 15 is 0 Å². The van der Waals surface area contributed by atoms with Gasteiger partial charge in [0.1, 0.15) is 5.82 Å². The second kappa shape index (κ2) is 7.98. The van der Waals surface area contributed by atoms with E-state index in [4.69, 9.17) is 11.6 Å². The lowest BCUT2D eigenvalue weighted by Crippen LogP contribution is -2.13. The first-order valence-corrected chi connectivity index (χ1v) is 9.52. The zero-order valence-corrected chi connectivity index (χ0v) is 15.5. The van der Waals surface area contributed by atoms with E-state index in [1.54, 1.807) is 6.07 Å². The van der Waals surface area contributed by atoms with Gasteiger partial charge in [0.05, 0.1) is 11.4 Å². The second-order valence-electron chi connectivity index (χ2n) is 6.08. The summed E-state index contributed by atoms with van der Waals surface area (Å²) in [5.41, 5.74) is 2.93. The molecule has 3 rings (SSSR count). The van der Waals surface area contributed by atoms with E-state index in [0.29, 0.717) is 11.5 Å². The summed E-state index contributed by atoms with van der Waals surface area (Å²) in [4.78, 5) is 12.2.